The molecule has 1 amide bonds. The average molecular weight is 534 g/mol. The predicted molar refractivity (Wildman–Crippen MR) is 129 cm³/mol. The fourth-order valence-electron chi connectivity index (χ4n) is 7.49. The second-order valence-corrected chi connectivity index (χ2v) is 13.9. The molecule has 36 heavy (non-hydrogen) atoms. The number of nitrogens with one attached hydrogen (secondary N) is 1. The van der Waals surface area contributed by atoms with Gasteiger partial charge in [0.1, 0.15) is 5.76 Å². The Balaban J connectivity index is 1.55. The highest BCUT2D eigenvalue weighted by molar-refractivity contribution is 7.87. The number of fused-ring (bicyclic) bond motifs is 5. The Bertz CT molecular complexity index is 1080. The lowest BCUT2D eigenvalue weighted by atomic mass is 9.48. The minimum atomic E-state index is -5.68. The van der Waals surface area contributed by atoms with Gasteiger partial charge in [0.2, 0.25) is 5.91 Å². The summed E-state index contributed by atoms with van der Waals surface area (Å²) in [5.74, 6) is 0.726. The van der Waals surface area contributed by atoms with Gasteiger partial charge < -0.3 is 14.6 Å². The van der Waals surface area contributed by atoms with E-state index in [9.17, 15) is 31.5 Å². The second-order valence-electron chi connectivity index (χ2n) is 12.3. The van der Waals surface area contributed by atoms with E-state index in [2.05, 4.69) is 23.3 Å². The Morgan fingerprint density at radius 3 is 2.44 bits per heavy atom. The van der Waals surface area contributed by atoms with E-state index >= 15 is 0 Å². The van der Waals surface area contributed by atoms with E-state index in [4.69, 9.17) is 0 Å². The number of carbonyl (C=O) groups excluding carboxylic acids is 1. The monoisotopic (exact) mass is 533 g/mol. The summed E-state index contributed by atoms with van der Waals surface area (Å²) in [4.78, 5) is 13.3. The van der Waals surface area contributed by atoms with Gasteiger partial charge in [-0.05, 0) is 99.5 Å². The van der Waals surface area contributed by atoms with Crippen LogP contribution < -0.4 is 5.32 Å². The van der Waals surface area contributed by atoms with E-state index in [1.807, 2.05) is 19.9 Å². The average Bonchev–Trinajstić information content (AvgIpc) is 3.10. The third kappa shape index (κ3) is 4.40. The van der Waals surface area contributed by atoms with E-state index in [1.54, 1.807) is 6.92 Å². The van der Waals surface area contributed by atoms with Gasteiger partial charge in [0.05, 0.1) is 11.6 Å². The third-order valence-electron chi connectivity index (χ3n) is 10.0. The van der Waals surface area contributed by atoms with Crippen LogP contribution in [-0.2, 0) is 19.1 Å². The normalized spacial score (nSPS) is 37.6. The first-order chi connectivity index (χ1) is 16.4. The first-order valence-electron chi connectivity index (χ1n) is 12.8. The van der Waals surface area contributed by atoms with Gasteiger partial charge in [-0.25, -0.2) is 0 Å². The number of aliphatic hydroxyl groups excluding tert-OH is 1. The topological polar surface area (TPSA) is 92.7 Å². The van der Waals surface area contributed by atoms with E-state index < -0.39 is 27.3 Å². The van der Waals surface area contributed by atoms with Crippen molar-refractivity contribution in [3.05, 3.63) is 23.5 Å². The fraction of sp³-hybridized carbons (Fsp3) is 0.808. The third-order valence-corrected chi connectivity index (χ3v) is 11.0. The van der Waals surface area contributed by atoms with Crippen molar-refractivity contribution in [1.29, 1.82) is 0 Å². The van der Waals surface area contributed by atoms with E-state index in [0.717, 1.165) is 37.7 Å². The summed E-state index contributed by atoms with van der Waals surface area (Å²) in [5.41, 5.74) is -5.73. The molecule has 0 aromatic rings. The number of hydrogen-bond acceptors (Lipinski definition) is 5. The molecule has 4 aliphatic carbocycles. The molecule has 0 bridgehead atoms. The van der Waals surface area contributed by atoms with Gasteiger partial charge in [-0.15, -0.1) is 0 Å². The lowest BCUT2D eigenvalue weighted by molar-refractivity contribution is -0.134. The van der Waals surface area contributed by atoms with Crippen molar-refractivity contribution in [2.75, 3.05) is 0 Å². The van der Waals surface area contributed by atoms with E-state index in [1.165, 1.54) is 6.08 Å². The Hall–Kier alpha value is -1.55. The van der Waals surface area contributed by atoms with Gasteiger partial charge in [0.15, 0.2) is 0 Å². The fourth-order valence-corrected chi connectivity index (χ4v) is 8.00. The van der Waals surface area contributed by atoms with Crippen molar-refractivity contribution < 1.29 is 35.7 Å². The SMILES string of the molecule is CC(O)C(C)(C)NC(=O)[C@H]1CC[C@H]2[C@@H]3CC=C4C=C(OS(=O)(=O)C(F)(F)F)CC[C@]4(C)[C@H]3CC[C@]12C. The van der Waals surface area contributed by atoms with Gasteiger partial charge >= 0.3 is 15.6 Å². The quantitative estimate of drug-likeness (QED) is 0.374. The largest absolute Gasteiger partial charge is 0.534 e. The van der Waals surface area contributed by atoms with E-state index in [-0.39, 0.29) is 34.8 Å². The lowest BCUT2D eigenvalue weighted by Crippen LogP contribution is -2.56. The molecule has 0 heterocycles. The van der Waals surface area contributed by atoms with Gasteiger partial charge in [-0.2, -0.15) is 21.6 Å². The zero-order chi connectivity index (χ0) is 26.9. The number of rotatable bonds is 5. The van der Waals surface area contributed by atoms with Gasteiger partial charge in [0, 0.05) is 12.3 Å². The van der Waals surface area contributed by atoms with Crippen molar-refractivity contribution >= 4 is 16.0 Å². The maximum absolute atomic E-state index is 13.3. The van der Waals surface area contributed by atoms with Crippen LogP contribution in [0.4, 0.5) is 13.2 Å². The van der Waals surface area contributed by atoms with Crippen LogP contribution in [0.5, 0.6) is 0 Å². The Kier molecular flexibility index (Phi) is 6.68. The van der Waals surface area contributed by atoms with E-state index in [0.29, 0.717) is 24.2 Å². The summed E-state index contributed by atoms with van der Waals surface area (Å²) < 4.78 is 65.9. The zero-order valence-corrected chi connectivity index (χ0v) is 22.4. The first kappa shape index (κ1) is 27.5. The molecule has 0 spiro atoms. The first-order valence-corrected chi connectivity index (χ1v) is 14.3. The van der Waals surface area contributed by atoms with Crippen LogP contribution in [0.1, 0.15) is 79.6 Å². The summed E-state index contributed by atoms with van der Waals surface area (Å²) >= 11 is 0. The van der Waals surface area contributed by atoms with Crippen LogP contribution in [0.25, 0.3) is 0 Å². The van der Waals surface area contributed by atoms with Crippen LogP contribution in [-0.4, -0.2) is 36.6 Å². The molecule has 6 nitrogen and oxygen atoms in total. The molecule has 0 aromatic heterocycles. The predicted octanol–water partition coefficient (Wildman–Crippen LogP) is 5.20. The van der Waals surface area contributed by atoms with Crippen molar-refractivity contribution in [2.24, 2.45) is 34.5 Å². The number of aliphatic hydroxyl groups is 1. The highest BCUT2D eigenvalue weighted by Crippen LogP contribution is 2.66. The zero-order valence-electron chi connectivity index (χ0n) is 21.6. The minimum Gasteiger partial charge on any atom is -0.391 e. The van der Waals surface area contributed by atoms with Crippen LogP contribution in [0.3, 0.4) is 0 Å². The van der Waals surface area contributed by atoms with Crippen LogP contribution >= 0.6 is 0 Å². The molecule has 2 fully saturated rings. The lowest BCUT2D eigenvalue weighted by Gasteiger charge is -2.57. The van der Waals surface area contributed by atoms with Gasteiger partial charge in [0.25, 0.3) is 0 Å². The smallest absolute Gasteiger partial charge is 0.391 e. The Morgan fingerprint density at radius 1 is 1.17 bits per heavy atom. The van der Waals surface area contributed by atoms with Gasteiger partial charge in [-0.1, -0.05) is 19.9 Å². The standard InChI is InChI=1S/C26H38F3NO5S/c1-15(31)23(2,3)30-22(32)21-9-8-19-18-7-6-16-14-17(35-36(33,34)26(27,28)29)10-12-24(16,4)20(18)11-13-25(19,21)5/h6,14-15,18-21,31H,7-13H2,1-5H3,(H,30,32)/t15?,18-,19-,20-,21+,24-,25-/m0/s1. The van der Waals surface area contributed by atoms with Crippen LogP contribution in [0.2, 0.25) is 0 Å². The van der Waals surface area contributed by atoms with Crippen LogP contribution in [0, 0.1) is 34.5 Å². The molecule has 1 unspecified atom stereocenters. The molecule has 4 rings (SSSR count). The molecule has 4 aliphatic rings. The van der Waals surface area contributed by atoms with Crippen molar-refractivity contribution in [3.8, 4) is 0 Å². The molecule has 2 saturated carbocycles. The molecule has 2 N–H and O–H groups in total. The highest BCUT2D eigenvalue weighted by atomic mass is 32.2. The summed E-state index contributed by atoms with van der Waals surface area (Å²) in [6.45, 7) is 9.67. The molecular weight excluding hydrogens is 495 g/mol. The Labute approximate surface area is 211 Å². The molecule has 10 heteroatoms. The maximum atomic E-state index is 13.3. The Morgan fingerprint density at radius 2 is 1.83 bits per heavy atom. The number of alkyl halides is 3. The number of amides is 1. The summed E-state index contributed by atoms with van der Waals surface area (Å²) in [6, 6.07) is 0. The van der Waals surface area contributed by atoms with Crippen LogP contribution in [0.15, 0.2) is 23.5 Å². The molecule has 0 aromatic carbocycles. The number of carbonyl (C=O) groups is 1. The molecule has 0 aliphatic heterocycles. The minimum absolute atomic E-state index is 0.00383. The molecule has 7 atom stereocenters. The molecular formula is C26H38F3NO5S. The summed E-state index contributed by atoms with van der Waals surface area (Å²) in [7, 11) is -5.68. The van der Waals surface area contributed by atoms with Crippen molar-refractivity contribution in [1.82, 2.24) is 5.32 Å². The maximum Gasteiger partial charge on any atom is 0.534 e. The number of allylic oxidation sites excluding steroid dienone is 4. The summed E-state index contributed by atoms with van der Waals surface area (Å²) in [6.07, 6.45) is 7.79. The van der Waals surface area contributed by atoms with Crippen molar-refractivity contribution in [2.45, 2.75) is 96.7 Å². The number of halogens is 3. The molecule has 204 valence electrons. The molecule has 0 radical (unpaired) electrons. The highest BCUT2D eigenvalue weighted by Gasteiger charge is 2.60. The second kappa shape index (κ2) is 8.75. The number of hydrogen-bond donors (Lipinski definition) is 2. The summed E-state index contributed by atoms with van der Waals surface area (Å²) in [5, 5.41) is 13.1. The van der Waals surface area contributed by atoms with Gasteiger partial charge in [-0.3, -0.25) is 4.79 Å². The van der Waals surface area contributed by atoms with Crippen molar-refractivity contribution in [3.63, 3.8) is 0 Å². The molecule has 0 saturated heterocycles.